The number of nitrogens with zero attached hydrogens (tertiary/aromatic N) is 3. The Balaban J connectivity index is 1.77. The lowest BCUT2D eigenvalue weighted by Gasteiger charge is -2.11. The van der Waals surface area contributed by atoms with E-state index in [-0.39, 0.29) is 0 Å². The van der Waals surface area contributed by atoms with Gasteiger partial charge >= 0.3 is 0 Å². The van der Waals surface area contributed by atoms with Gasteiger partial charge in [-0.15, -0.1) is 0 Å². The van der Waals surface area contributed by atoms with Crippen LogP contribution >= 0.6 is 23.8 Å². The highest BCUT2D eigenvalue weighted by Gasteiger charge is 2.02. The molecule has 0 amide bonds. The van der Waals surface area contributed by atoms with Gasteiger partial charge in [0.15, 0.2) is 5.11 Å². The molecule has 0 bridgehead atoms. The summed E-state index contributed by atoms with van der Waals surface area (Å²) in [7, 11) is 4.12. The molecule has 1 heterocycles. The minimum Gasteiger partial charge on any atom is -0.362 e. The van der Waals surface area contributed by atoms with E-state index in [0.29, 0.717) is 11.7 Å². The van der Waals surface area contributed by atoms with Crippen molar-refractivity contribution in [2.75, 3.05) is 32.5 Å². The van der Waals surface area contributed by atoms with E-state index in [1.165, 1.54) is 0 Å². The molecule has 124 valence electrons. The van der Waals surface area contributed by atoms with Gasteiger partial charge in [-0.25, -0.2) is 0 Å². The molecule has 0 saturated carbocycles. The minimum atomic E-state index is 0.620. The monoisotopic (exact) mass is 351 g/mol. The zero-order valence-corrected chi connectivity index (χ0v) is 15.0. The molecule has 0 radical (unpaired) electrons. The zero-order valence-electron chi connectivity index (χ0n) is 13.4. The summed E-state index contributed by atoms with van der Waals surface area (Å²) in [6.07, 6.45) is 4.75. The summed E-state index contributed by atoms with van der Waals surface area (Å²) in [5.74, 6) is 0. The quantitative estimate of drug-likeness (QED) is 0.593. The Bertz CT molecular complexity index is 624. The van der Waals surface area contributed by atoms with Gasteiger partial charge in [-0.3, -0.25) is 4.68 Å². The summed E-state index contributed by atoms with van der Waals surface area (Å²) in [5, 5.41) is 12.0. The first kappa shape index (κ1) is 17.7. The molecule has 0 unspecified atom stereocenters. The minimum absolute atomic E-state index is 0.620. The van der Waals surface area contributed by atoms with E-state index in [1.807, 2.05) is 35.1 Å². The molecule has 0 spiro atoms. The highest BCUT2D eigenvalue weighted by atomic mass is 35.5. The Morgan fingerprint density at radius 1 is 1.30 bits per heavy atom. The Labute approximate surface area is 147 Å². The molecule has 2 N–H and O–H groups in total. The van der Waals surface area contributed by atoms with Crippen molar-refractivity contribution in [3.05, 3.63) is 47.2 Å². The van der Waals surface area contributed by atoms with E-state index in [1.54, 1.807) is 6.20 Å². The molecule has 0 aliphatic heterocycles. The van der Waals surface area contributed by atoms with E-state index in [2.05, 4.69) is 34.7 Å². The number of anilines is 1. The standard InChI is InChI=1S/C16H22ClN5S/c1-21(2)9-3-8-18-16(23)20-15-10-19-22(12-15)11-13-4-6-14(17)7-5-13/h4-7,10,12H,3,8-9,11H2,1-2H3,(H2,18,20,23). The molecule has 2 rings (SSSR count). The van der Waals surface area contributed by atoms with Gasteiger partial charge in [0.1, 0.15) is 0 Å². The van der Waals surface area contributed by atoms with E-state index < -0.39 is 0 Å². The summed E-state index contributed by atoms with van der Waals surface area (Å²) < 4.78 is 1.86. The summed E-state index contributed by atoms with van der Waals surface area (Å²) in [6, 6.07) is 7.75. The van der Waals surface area contributed by atoms with Crippen molar-refractivity contribution in [3.8, 4) is 0 Å². The summed E-state index contributed by atoms with van der Waals surface area (Å²) in [4.78, 5) is 2.15. The second-order valence-corrected chi connectivity index (χ2v) is 6.44. The Morgan fingerprint density at radius 2 is 2.04 bits per heavy atom. The number of hydrogen-bond donors (Lipinski definition) is 2. The van der Waals surface area contributed by atoms with E-state index in [9.17, 15) is 0 Å². The van der Waals surface area contributed by atoms with Crippen LogP contribution in [-0.4, -0.2) is 47.0 Å². The van der Waals surface area contributed by atoms with Crippen LogP contribution in [0.15, 0.2) is 36.7 Å². The summed E-state index contributed by atoms with van der Waals surface area (Å²) in [5.41, 5.74) is 2.03. The lowest BCUT2D eigenvalue weighted by molar-refractivity contribution is 0.400. The molecule has 0 saturated heterocycles. The van der Waals surface area contributed by atoms with Gasteiger partial charge in [0.25, 0.3) is 0 Å². The smallest absolute Gasteiger partial charge is 0.170 e. The SMILES string of the molecule is CN(C)CCCNC(=S)Nc1cnn(Cc2ccc(Cl)cc2)c1. The number of halogens is 1. The van der Waals surface area contributed by atoms with Crippen LogP contribution in [0.3, 0.4) is 0 Å². The highest BCUT2D eigenvalue weighted by Crippen LogP contribution is 2.12. The number of hydrogen-bond acceptors (Lipinski definition) is 3. The van der Waals surface area contributed by atoms with E-state index >= 15 is 0 Å². The van der Waals surface area contributed by atoms with Crippen LogP contribution in [0.1, 0.15) is 12.0 Å². The van der Waals surface area contributed by atoms with Gasteiger partial charge in [-0.2, -0.15) is 5.10 Å². The maximum absolute atomic E-state index is 5.89. The Morgan fingerprint density at radius 3 is 2.74 bits per heavy atom. The van der Waals surface area contributed by atoms with Crippen LogP contribution in [0.2, 0.25) is 5.02 Å². The molecule has 0 atom stereocenters. The average Bonchev–Trinajstić information content (AvgIpc) is 2.93. The summed E-state index contributed by atoms with van der Waals surface area (Å²) in [6.45, 7) is 2.58. The van der Waals surface area contributed by atoms with Gasteiger partial charge in [0, 0.05) is 17.8 Å². The van der Waals surface area contributed by atoms with Crippen LogP contribution in [-0.2, 0) is 6.54 Å². The fourth-order valence-electron chi connectivity index (χ4n) is 2.06. The molecule has 0 aliphatic carbocycles. The molecule has 1 aromatic heterocycles. The Hall–Kier alpha value is -1.63. The van der Waals surface area contributed by atoms with Gasteiger partial charge in [0.2, 0.25) is 0 Å². The first-order chi connectivity index (χ1) is 11.0. The molecule has 23 heavy (non-hydrogen) atoms. The molecule has 5 nitrogen and oxygen atoms in total. The number of benzene rings is 1. The molecule has 2 aromatic rings. The third-order valence-corrected chi connectivity index (χ3v) is 3.71. The molecule has 7 heteroatoms. The lowest BCUT2D eigenvalue weighted by Crippen LogP contribution is -2.30. The van der Waals surface area contributed by atoms with Crippen LogP contribution in [0.4, 0.5) is 5.69 Å². The predicted molar refractivity (Wildman–Crippen MR) is 100 cm³/mol. The van der Waals surface area contributed by atoms with E-state index in [0.717, 1.165) is 35.8 Å². The Kier molecular flexibility index (Phi) is 6.83. The number of aromatic nitrogens is 2. The summed E-state index contributed by atoms with van der Waals surface area (Å²) >= 11 is 11.2. The van der Waals surface area contributed by atoms with Crippen molar-refractivity contribution in [3.63, 3.8) is 0 Å². The molecular formula is C16H22ClN5S. The highest BCUT2D eigenvalue weighted by molar-refractivity contribution is 7.80. The van der Waals surface area contributed by atoms with Crippen molar-refractivity contribution in [1.82, 2.24) is 20.0 Å². The van der Waals surface area contributed by atoms with Crippen molar-refractivity contribution in [2.24, 2.45) is 0 Å². The fourth-order valence-corrected chi connectivity index (χ4v) is 2.41. The van der Waals surface area contributed by atoms with Crippen molar-refractivity contribution in [1.29, 1.82) is 0 Å². The predicted octanol–water partition coefficient (Wildman–Crippen LogP) is 2.82. The van der Waals surface area contributed by atoms with Gasteiger partial charge < -0.3 is 15.5 Å². The third-order valence-electron chi connectivity index (χ3n) is 3.22. The number of nitrogens with one attached hydrogen (secondary N) is 2. The maximum Gasteiger partial charge on any atom is 0.170 e. The van der Waals surface area contributed by atoms with Gasteiger partial charge in [0.05, 0.1) is 18.4 Å². The fraction of sp³-hybridized carbons (Fsp3) is 0.375. The second-order valence-electron chi connectivity index (χ2n) is 5.59. The van der Waals surface area contributed by atoms with Crippen LogP contribution in [0, 0.1) is 0 Å². The third kappa shape index (κ3) is 6.56. The second kappa shape index (κ2) is 8.86. The normalized spacial score (nSPS) is 10.8. The zero-order chi connectivity index (χ0) is 16.7. The van der Waals surface area contributed by atoms with Crippen LogP contribution in [0.5, 0.6) is 0 Å². The molecule has 1 aromatic carbocycles. The maximum atomic E-state index is 5.89. The van der Waals surface area contributed by atoms with Crippen LogP contribution < -0.4 is 10.6 Å². The first-order valence-corrected chi connectivity index (χ1v) is 8.28. The largest absolute Gasteiger partial charge is 0.362 e. The number of rotatable bonds is 7. The molecule has 0 fully saturated rings. The number of thiocarbonyl (C=S) groups is 1. The van der Waals surface area contributed by atoms with Crippen molar-refractivity contribution >= 4 is 34.6 Å². The average molecular weight is 352 g/mol. The van der Waals surface area contributed by atoms with E-state index in [4.69, 9.17) is 23.8 Å². The topological polar surface area (TPSA) is 45.1 Å². The lowest BCUT2D eigenvalue weighted by atomic mass is 10.2. The molecular weight excluding hydrogens is 330 g/mol. The first-order valence-electron chi connectivity index (χ1n) is 7.49. The van der Waals surface area contributed by atoms with Gasteiger partial charge in [-0.05, 0) is 57.0 Å². The van der Waals surface area contributed by atoms with Gasteiger partial charge in [-0.1, -0.05) is 23.7 Å². The van der Waals surface area contributed by atoms with Crippen LogP contribution in [0.25, 0.3) is 0 Å². The molecule has 0 aliphatic rings. The van der Waals surface area contributed by atoms with Crippen molar-refractivity contribution in [2.45, 2.75) is 13.0 Å². The van der Waals surface area contributed by atoms with Crippen molar-refractivity contribution < 1.29 is 0 Å².